The van der Waals surface area contributed by atoms with E-state index >= 15 is 0 Å². The topological polar surface area (TPSA) is 26.3 Å². The van der Waals surface area contributed by atoms with Gasteiger partial charge in [0, 0.05) is 5.57 Å². The van der Waals surface area contributed by atoms with E-state index in [-0.39, 0.29) is 5.97 Å². The van der Waals surface area contributed by atoms with Crippen LogP contribution in [0.4, 0.5) is 0 Å². The van der Waals surface area contributed by atoms with Crippen LogP contribution in [-0.4, -0.2) is 13.1 Å². The van der Waals surface area contributed by atoms with Gasteiger partial charge in [0.15, 0.2) is 0 Å². The van der Waals surface area contributed by atoms with Crippen LogP contribution in [0.1, 0.15) is 59.3 Å². The molecule has 0 spiro atoms. The lowest BCUT2D eigenvalue weighted by molar-refractivity contribution is -0.136. The summed E-state index contributed by atoms with van der Waals surface area (Å²) >= 11 is 0. The molecule has 0 aliphatic carbocycles. The molecule has 2 heteroatoms. The molecular weight excluding hydrogens is 188 g/mol. The molecule has 0 saturated carbocycles. The van der Waals surface area contributed by atoms with E-state index in [9.17, 15) is 4.79 Å². The maximum atomic E-state index is 10.2. The first kappa shape index (κ1) is 16.6. The van der Waals surface area contributed by atoms with Crippen LogP contribution in [0.25, 0.3) is 0 Å². The van der Waals surface area contributed by atoms with Gasteiger partial charge < -0.3 is 4.74 Å². The Labute approximate surface area is 94.7 Å². The number of hydrogen-bond donors (Lipinski definition) is 0. The fraction of sp³-hybridized carbons (Fsp3) is 0.769. The van der Waals surface area contributed by atoms with Gasteiger partial charge in [0.25, 0.3) is 0 Å². The van der Waals surface area contributed by atoms with Crippen molar-refractivity contribution in [1.82, 2.24) is 0 Å². The Morgan fingerprint density at radius 3 is 1.60 bits per heavy atom. The van der Waals surface area contributed by atoms with Gasteiger partial charge in [0.05, 0.1) is 7.11 Å². The minimum atomic E-state index is -0.347. The average molecular weight is 214 g/mol. The molecule has 0 unspecified atom stereocenters. The molecule has 0 radical (unpaired) electrons. The van der Waals surface area contributed by atoms with Crippen LogP contribution < -0.4 is 0 Å². The normalized spacial score (nSPS) is 8.80. The summed E-state index contributed by atoms with van der Waals surface area (Å²) in [5.41, 5.74) is 0.433. The van der Waals surface area contributed by atoms with Crippen molar-refractivity contribution in [2.45, 2.75) is 59.3 Å². The molecule has 0 N–H and O–H groups in total. The van der Waals surface area contributed by atoms with Crippen LogP contribution in [0.5, 0.6) is 0 Å². The number of hydrogen-bond acceptors (Lipinski definition) is 2. The van der Waals surface area contributed by atoms with E-state index in [2.05, 4.69) is 25.2 Å². The van der Waals surface area contributed by atoms with E-state index in [0.717, 1.165) is 0 Å². The largest absolute Gasteiger partial charge is 0.466 e. The Kier molecular flexibility index (Phi) is 14.6. The molecular formula is C13H26O2. The molecule has 2 nitrogen and oxygen atoms in total. The summed E-state index contributed by atoms with van der Waals surface area (Å²) in [6, 6.07) is 0. The van der Waals surface area contributed by atoms with Crippen LogP contribution in [0.3, 0.4) is 0 Å². The summed E-state index contributed by atoms with van der Waals surface area (Å²) in [6.07, 6.45) is 8.49. The van der Waals surface area contributed by atoms with E-state index in [1.807, 2.05) is 0 Å². The summed E-state index contributed by atoms with van der Waals surface area (Å²) in [6.45, 7) is 9.47. The monoisotopic (exact) mass is 214 g/mol. The van der Waals surface area contributed by atoms with Crippen LogP contribution >= 0.6 is 0 Å². The fourth-order valence-corrected chi connectivity index (χ4v) is 1.03. The molecule has 15 heavy (non-hydrogen) atoms. The highest BCUT2D eigenvalue weighted by atomic mass is 16.5. The van der Waals surface area contributed by atoms with Crippen LogP contribution in [0, 0.1) is 0 Å². The Morgan fingerprint density at radius 2 is 1.47 bits per heavy atom. The maximum Gasteiger partial charge on any atom is 0.332 e. The van der Waals surface area contributed by atoms with Gasteiger partial charge in [-0.05, 0) is 6.92 Å². The van der Waals surface area contributed by atoms with Crippen molar-refractivity contribution in [2.75, 3.05) is 7.11 Å². The highest BCUT2D eigenvalue weighted by Crippen LogP contribution is 2.03. The third-order valence-corrected chi connectivity index (χ3v) is 1.99. The lowest BCUT2D eigenvalue weighted by Crippen LogP contribution is -1.98. The molecule has 0 aromatic carbocycles. The SMILES string of the molecule is C=C(C)C(=O)OC.CCCCCCCC. The van der Waals surface area contributed by atoms with Gasteiger partial charge in [-0.25, -0.2) is 4.79 Å². The van der Waals surface area contributed by atoms with Crippen molar-refractivity contribution in [1.29, 1.82) is 0 Å². The van der Waals surface area contributed by atoms with E-state index in [0.29, 0.717) is 5.57 Å². The maximum absolute atomic E-state index is 10.2. The quantitative estimate of drug-likeness (QED) is 0.378. The van der Waals surface area contributed by atoms with Gasteiger partial charge in [0.1, 0.15) is 0 Å². The van der Waals surface area contributed by atoms with Crippen molar-refractivity contribution in [3.8, 4) is 0 Å². The lowest BCUT2D eigenvalue weighted by atomic mass is 10.1. The number of methoxy groups -OCH3 is 1. The highest BCUT2D eigenvalue weighted by molar-refractivity contribution is 5.86. The third-order valence-electron chi connectivity index (χ3n) is 1.99. The number of unbranched alkanes of at least 4 members (excludes halogenated alkanes) is 5. The molecule has 0 aliphatic heterocycles. The molecule has 0 aliphatic rings. The van der Waals surface area contributed by atoms with Crippen molar-refractivity contribution in [2.24, 2.45) is 0 Å². The van der Waals surface area contributed by atoms with E-state index in [4.69, 9.17) is 0 Å². The highest BCUT2D eigenvalue weighted by Gasteiger charge is 1.95. The van der Waals surface area contributed by atoms with Gasteiger partial charge in [-0.2, -0.15) is 0 Å². The standard InChI is InChI=1S/C8H18.C5H8O2/c1-3-5-7-8-6-4-2;1-4(2)5(6)7-3/h3-8H2,1-2H3;1H2,2-3H3. The average Bonchev–Trinajstić information content (AvgIpc) is 2.24. The Morgan fingerprint density at radius 1 is 1.07 bits per heavy atom. The second-order valence-corrected chi connectivity index (χ2v) is 3.69. The van der Waals surface area contributed by atoms with E-state index < -0.39 is 0 Å². The molecule has 0 aromatic heterocycles. The van der Waals surface area contributed by atoms with Crippen LogP contribution in [0.2, 0.25) is 0 Å². The summed E-state index contributed by atoms with van der Waals surface area (Å²) in [7, 11) is 1.33. The van der Waals surface area contributed by atoms with Crippen molar-refractivity contribution in [3.63, 3.8) is 0 Å². The first-order valence-corrected chi connectivity index (χ1v) is 5.83. The molecule has 0 aromatic rings. The molecule has 0 atom stereocenters. The molecule has 0 bridgehead atoms. The van der Waals surface area contributed by atoms with Gasteiger partial charge in [-0.15, -0.1) is 0 Å². The van der Waals surface area contributed by atoms with Crippen molar-refractivity contribution in [3.05, 3.63) is 12.2 Å². The predicted molar refractivity (Wildman–Crippen MR) is 65.9 cm³/mol. The van der Waals surface area contributed by atoms with Gasteiger partial charge in [-0.3, -0.25) is 0 Å². The first-order chi connectivity index (χ1) is 7.09. The number of carbonyl (C=O) groups is 1. The summed E-state index contributed by atoms with van der Waals surface area (Å²) in [4.78, 5) is 10.2. The molecule has 0 amide bonds. The number of esters is 1. The first-order valence-electron chi connectivity index (χ1n) is 5.83. The van der Waals surface area contributed by atoms with Gasteiger partial charge >= 0.3 is 5.97 Å². The molecule has 0 rings (SSSR count). The zero-order valence-electron chi connectivity index (χ0n) is 10.8. The minimum Gasteiger partial charge on any atom is -0.466 e. The summed E-state index contributed by atoms with van der Waals surface area (Å²) in [5, 5.41) is 0. The summed E-state index contributed by atoms with van der Waals surface area (Å²) in [5.74, 6) is -0.347. The zero-order valence-corrected chi connectivity index (χ0v) is 10.8. The Hall–Kier alpha value is -0.790. The number of rotatable bonds is 6. The zero-order chi connectivity index (χ0) is 12.1. The predicted octanol–water partition coefficient (Wildman–Crippen LogP) is 4.10. The van der Waals surface area contributed by atoms with E-state index in [1.54, 1.807) is 6.92 Å². The van der Waals surface area contributed by atoms with Crippen LogP contribution in [-0.2, 0) is 9.53 Å². The lowest BCUT2D eigenvalue weighted by Gasteiger charge is -1.93. The molecule has 0 heterocycles. The Bertz CT molecular complexity index is 156. The third kappa shape index (κ3) is 15.9. The molecule has 0 fully saturated rings. The minimum absolute atomic E-state index is 0.347. The van der Waals surface area contributed by atoms with Crippen molar-refractivity contribution >= 4 is 5.97 Å². The van der Waals surface area contributed by atoms with Crippen molar-refractivity contribution < 1.29 is 9.53 Å². The molecule has 0 saturated heterocycles. The number of carbonyl (C=O) groups excluding carboxylic acids is 1. The summed E-state index contributed by atoms with van der Waals surface area (Å²) < 4.78 is 4.27. The second-order valence-electron chi connectivity index (χ2n) is 3.69. The van der Waals surface area contributed by atoms with E-state index in [1.165, 1.54) is 45.6 Å². The fourth-order valence-electron chi connectivity index (χ4n) is 1.03. The second kappa shape index (κ2) is 13.2. The Balaban J connectivity index is 0. The van der Waals surface area contributed by atoms with Gasteiger partial charge in [0.2, 0.25) is 0 Å². The molecule has 90 valence electrons. The smallest absolute Gasteiger partial charge is 0.332 e. The van der Waals surface area contributed by atoms with Gasteiger partial charge in [-0.1, -0.05) is 59.0 Å². The number of ether oxygens (including phenoxy) is 1. The van der Waals surface area contributed by atoms with Crippen LogP contribution in [0.15, 0.2) is 12.2 Å².